The van der Waals surface area contributed by atoms with Crippen LogP contribution in [-0.2, 0) is 0 Å². The molecule has 0 unspecified atom stereocenters. The lowest BCUT2D eigenvalue weighted by molar-refractivity contribution is 0.103. The van der Waals surface area contributed by atoms with Gasteiger partial charge in [-0.05, 0) is 30.3 Å². The van der Waals surface area contributed by atoms with Crippen LogP contribution in [0, 0.1) is 5.82 Å². The molecule has 92 valence electrons. The first-order chi connectivity index (χ1) is 8.50. The van der Waals surface area contributed by atoms with Gasteiger partial charge in [0.05, 0.1) is 10.0 Å². The first-order valence-electron chi connectivity index (χ1n) is 4.94. The Labute approximate surface area is 122 Å². The molecule has 0 heterocycles. The van der Waals surface area contributed by atoms with E-state index in [2.05, 4.69) is 15.9 Å². The Balaban J connectivity index is 2.55. The van der Waals surface area contributed by atoms with Gasteiger partial charge in [0.25, 0.3) is 0 Å². The van der Waals surface area contributed by atoms with E-state index in [1.54, 1.807) is 18.2 Å². The number of ketones is 1. The van der Waals surface area contributed by atoms with Crippen molar-refractivity contribution in [3.05, 3.63) is 67.9 Å². The molecule has 0 aromatic heterocycles. The number of hydrogen-bond donors (Lipinski definition) is 0. The maximum Gasteiger partial charge on any atom is 0.195 e. The molecule has 0 aliphatic heterocycles. The van der Waals surface area contributed by atoms with E-state index < -0.39 is 5.82 Å². The Morgan fingerprint density at radius 3 is 2.56 bits per heavy atom. The molecular formula is C13H6BrCl2FO. The molecule has 0 aliphatic carbocycles. The fourth-order valence-corrected chi connectivity index (χ4v) is 2.31. The lowest BCUT2D eigenvalue weighted by atomic mass is 10.0. The molecule has 2 aromatic rings. The van der Waals surface area contributed by atoms with Crippen molar-refractivity contribution in [2.45, 2.75) is 0 Å². The minimum atomic E-state index is -0.486. The molecule has 0 radical (unpaired) electrons. The van der Waals surface area contributed by atoms with Crippen LogP contribution in [0.1, 0.15) is 15.9 Å². The number of carbonyl (C=O) groups is 1. The normalized spacial score (nSPS) is 10.4. The van der Waals surface area contributed by atoms with Crippen molar-refractivity contribution in [3.63, 3.8) is 0 Å². The highest BCUT2D eigenvalue weighted by molar-refractivity contribution is 9.10. The third kappa shape index (κ3) is 2.58. The number of rotatable bonds is 2. The summed E-state index contributed by atoms with van der Waals surface area (Å²) in [6.45, 7) is 0. The van der Waals surface area contributed by atoms with Crippen LogP contribution in [0.25, 0.3) is 0 Å². The summed E-state index contributed by atoms with van der Waals surface area (Å²) >= 11 is 15.0. The zero-order valence-electron chi connectivity index (χ0n) is 8.88. The van der Waals surface area contributed by atoms with E-state index in [9.17, 15) is 9.18 Å². The molecule has 1 nitrogen and oxygen atoms in total. The molecule has 0 bridgehead atoms. The molecule has 2 rings (SSSR count). The highest BCUT2D eigenvalue weighted by Crippen LogP contribution is 2.29. The summed E-state index contributed by atoms with van der Waals surface area (Å²) in [4.78, 5) is 12.3. The fraction of sp³-hybridized carbons (Fsp3) is 0. The summed E-state index contributed by atoms with van der Waals surface area (Å²) in [5.74, 6) is -0.867. The zero-order valence-corrected chi connectivity index (χ0v) is 12.0. The SMILES string of the molecule is O=C(c1cc(F)ccc1Br)c1cccc(Cl)c1Cl. The quantitative estimate of drug-likeness (QED) is 0.688. The van der Waals surface area contributed by atoms with Crippen LogP contribution in [-0.4, -0.2) is 5.78 Å². The maximum atomic E-state index is 13.2. The first-order valence-corrected chi connectivity index (χ1v) is 6.49. The third-order valence-corrected chi connectivity index (χ3v) is 3.88. The summed E-state index contributed by atoms with van der Waals surface area (Å²) in [6, 6.07) is 8.65. The monoisotopic (exact) mass is 346 g/mol. The smallest absolute Gasteiger partial charge is 0.195 e. The van der Waals surface area contributed by atoms with Crippen LogP contribution in [0.15, 0.2) is 40.9 Å². The summed E-state index contributed by atoms with van der Waals surface area (Å²) in [6.07, 6.45) is 0. The average molecular weight is 348 g/mol. The maximum absolute atomic E-state index is 13.2. The summed E-state index contributed by atoms with van der Waals surface area (Å²) in [5, 5.41) is 0.454. The van der Waals surface area contributed by atoms with Gasteiger partial charge in [-0.25, -0.2) is 4.39 Å². The van der Waals surface area contributed by atoms with Crippen LogP contribution >= 0.6 is 39.1 Å². The Kier molecular flexibility index (Phi) is 4.05. The van der Waals surface area contributed by atoms with Gasteiger partial charge in [-0.2, -0.15) is 0 Å². The Hall–Kier alpha value is -0.900. The molecule has 0 saturated heterocycles. The lowest BCUT2D eigenvalue weighted by Gasteiger charge is -2.07. The molecule has 2 aromatic carbocycles. The number of carbonyl (C=O) groups excluding carboxylic acids is 1. The minimum Gasteiger partial charge on any atom is -0.289 e. The molecule has 0 amide bonds. The van der Waals surface area contributed by atoms with Gasteiger partial charge < -0.3 is 0 Å². The van der Waals surface area contributed by atoms with Gasteiger partial charge in [0.15, 0.2) is 5.78 Å². The predicted octanol–water partition coefficient (Wildman–Crippen LogP) is 5.13. The van der Waals surface area contributed by atoms with Crippen LogP contribution in [0.4, 0.5) is 4.39 Å². The Morgan fingerprint density at radius 1 is 1.11 bits per heavy atom. The molecule has 0 N–H and O–H groups in total. The summed E-state index contributed by atoms with van der Waals surface area (Å²) < 4.78 is 13.7. The van der Waals surface area contributed by atoms with E-state index in [1.165, 1.54) is 12.1 Å². The second-order valence-electron chi connectivity index (χ2n) is 3.55. The van der Waals surface area contributed by atoms with E-state index in [4.69, 9.17) is 23.2 Å². The van der Waals surface area contributed by atoms with Gasteiger partial charge in [-0.3, -0.25) is 4.79 Å². The molecule has 5 heteroatoms. The standard InChI is InChI=1S/C13H6BrCl2FO/c14-10-5-4-7(17)6-9(10)13(18)8-2-1-3-11(15)12(8)16/h1-6H. The molecular weight excluding hydrogens is 342 g/mol. The molecule has 0 saturated carbocycles. The summed E-state index contributed by atoms with van der Waals surface area (Å²) in [7, 11) is 0. The van der Waals surface area contributed by atoms with Crippen molar-refractivity contribution in [2.75, 3.05) is 0 Å². The molecule has 0 atom stereocenters. The van der Waals surface area contributed by atoms with Crippen LogP contribution in [0.5, 0.6) is 0 Å². The van der Waals surface area contributed by atoms with E-state index >= 15 is 0 Å². The van der Waals surface area contributed by atoms with Gasteiger partial charge in [-0.1, -0.05) is 45.2 Å². The van der Waals surface area contributed by atoms with E-state index in [0.29, 0.717) is 4.47 Å². The molecule has 18 heavy (non-hydrogen) atoms. The minimum absolute atomic E-state index is 0.167. The number of hydrogen-bond acceptors (Lipinski definition) is 1. The fourth-order valence-electron chi connectivity index (χ4n) is 1.50. The predicted molar refractivity (Wildman–Crippen MR) is 74.0 cm³/mol. The van der Waals surface area contributed by atoms with Crippen molar-refractivity contribution in [1.82, 2.24) is 0 Å². The lowest BCUT2D eigenvalue weighted by Crippen LogP contribution is -2.04. The van der Waals surface area contributed by atoms with Crippen molar-refractivity contribution >= 4 is 44.9 Å². The van der Waals surface area contributed by atoms with Crippen LogP contribution < -0.4 is 0 Å². The van der Waals surface area contributed by atoms with Crippen LogP contribution in [0.3, 0.4) is 0 Å². The van der Waals surface area contributed by atoms with Crippen molar-refractivity contribution in [3.8, 4) is 0 Å². The topological polar surface area (TPSA) is 17.1 Å². The Bertz CT molecular complexity index is 624. The summed E-state index contributed by atoms with van der Waals surface area (Å²) in [5.41, 5.74) is 0.453. The van der Waals surface area contributed by atoms with Gasteiger partial charge in [0.1, 0.15) is 5.82 Å². The number of benzene rings is 2. The van der Waals surface area contributed by atoms with Gasteiger partial charge >= 0.3 is 0 Å². The number of halogens is 4. The van der Waals surface area contributed by atoms with Gasteiger partial charge in [0.2, 0.25) is 0 Å². The first kappa shape index (κ1) is 13.5. The van der Waals surface area contributed by atoms with E-state index in [1.807, 2.05) is 0 Å². The van der Waals surface area contributed by atoms with Crippen molar-refractivity contribution < 1.29 is 9.18 Å². The third-order valence-electron chi connectivity index (χ3n) is 2.37. The van der Waals surface area contributed by atoms with Gasteiger partial charge in [0, 0.05) is 15.6 Å². The van der Waals surface area contributed by atoms with E-state index in [0.717, 1.165) is 6.07 Å². The van der Waals surface area contributed by atoms with Crippen LogP contribution in [0.2, 0.25) is 10.0 Å². The molecule has 0 spiro atoms. The van der Waals surface area contributed by atoms with Crippen molar-refractivity contribution in [1.29, 1.82) is 0 Å². The Morgan fingerprint density at radius 2 is 1.83 bits per heavy atom. The highest BCUT2D eigenvalue weighted by atomic mass is 79.9. The van der Waals surface area contributed by atoms with E-state index in [-0.39, 0.29) is 27.0 Å². The molecule has 0 aliphatic rings. The molecule has 0 fully saturated rings. The van der Waals surface area contributed by atoms with Crippen molar-refractivity contribution in [2.24, 2.45) is 0 Å². The zero-order chi connectivity index (χ0) is 13.3. The second-order valence-corrected chi connectivity index (χ2v) is 5.19. The average Bonchev–Trinajstić information content (AvgIpc) is 2.35. The largest absolute Gasteiger partial charge is 0.289 e. The highest BCUT2D eigenvalue weighted by Gasteiger charge is 2.17. The second kappa shape index (κ2) is 5.39. The van der Waals surface area contributed by atoms with Gasteiger partial charge in [-0.15, -0.1) is 0 Å².